The Morgan fingerprint density at radius 1 is 1.36 bits per heavy atom. The Morgan fingerprint density at radius 3 is 2.73 bits per heavy atom. The Balaban J connectivity index is 2.22. The standard InChI is InChI=1S/C14H11N3O4S/c1-21-9-4-2-8(3-5-9)11-7-22-14-15-6-10(12(18)16-20)13(19)17(11)14/h2-7,20H,1H3,(H,16,18). The van der Waals surface area contributed by atoms with Gasteiger partial charge in [-0.05, 0) is 29.8 Å². The number of rotatable bonds is 3. The largest absolute Gasteiger partial charge is 0.497 e. The predicted molar refractivity (Wildman–Crippen MR) is 80.6 cm³/mol. The fourth-order valence-corrected chi connectivity index (χ4v) is 2.93. The van der Waals surface area contributed by atoms with Gasteiger partial charge in [0.15, 0.2) is 4.96 Å². The lowest BCUT2D eigenvalue weighted by molar-refractivity contribution is 0.0704. The molecule has 2 N–H and O–H groups in total. The topological polar surface area (TPSA) is 92.9 Å². The Bertz CT molecular complexity index is 899. The van der Waals surface area contributed by atoms with Gasteiger partial charge in [-0.1, -0.05) is 0 Å². The van der Waals surface area contributed by atoms with Crippen LogP contribution in [0.5, 0.6) is 5.75 Å². The monoisotopic (exact) mass is 317 g/mol. The first-order chi connectivity index (χ1) is 10.7. The van der Waals surface area contributed by atoms with Crippen LogP contribution in [0, 0.1) is 0 Å². The van der Waals surface area contributed by atoms with E-state index >= 15 is 0 Å². The van der Waals surface area contributed by atoms with Gasteiger partial charge in [0.1, 0.15) is 11.3 Å². The number of fused-ring (bicyclic) bond motifs is 1. The molecular formula is C14H11N3O4S. The summed E-state index contributed by atoms with van der Waals surface area (Å²) in [5, 5.41) is 10.5. The van der Waals surface area contributed by atoms with Crippen LogP contribution in [-0.2, 0) is 0 Å². The quantitative estimate of drug-likeness (QED) is 0.565. The van der Waals surface area contributed by atoms with E-state index in [0.29, 0.717) is 16.4 Å². The molecule has 1 aromatic carbocycles. The number of hydrogen-bond donors (Lipinski definition) is 2. The summed E-state index contributed by atoms with van der Waals surface area (Å²) < 4.78 is 6.45. The number of nitrogens with one attached hydrogen (secondary N) is 1. The Labute approximate surface area is 128 Å². The van der Waals surface area contributed by atoms with Crippen molar-refractivity contribution < 1.29 is 14.7 Å². The number of benzene rings is 1. The van der Waals surface area contributed by atoms with Crippen molar-refractivity contribution in [3.05, 3.63) is 51.8 Å². The summed E-state index contributed by atoms with van der Waals surface area (Å²) in [4.78, 5) is 28.5. The van der Waals surface area contributed by atoms with Crippen LogP contribution in [0.4, 0.5) is 0 Å². The van der Waals surface area contributed by atoms with Gasteiger partial charge in [-0.2, -0.15) is 0 Å². The molecule has 0 aliphatic heterocycles. The molecule has 3 aromatic rings. The van der Waals surface area contributed by atoms with E-state index in [0.717, 1.165) is 11.8 Å². The molecule has 0 bridgehead atoms. The molecule has 0 saturated heterocycles. The minimum Gasteiger partial charge on any atom is -0.497 e. The summed E-state index contributed by atoms with van der Waals surface area (Å²) in [6.07, 6.45) is 1.15. The molecule has 1 amide bonds. The Morgan fingerprint density at radius 2 is 2.09 bits per heavy atom. The fourth-order valence-electron chi connectivity index (χ4n) is 2.07. The third-order valence-corrected chi connectivity index (χ3v) is 4.02. The highest BCUT2D eigenvalue weighted by Crippen LogP contribution is 2.25. The maximum absolute atomic E-state index is 12.4. The van der Waals surface area contributed by atoms with E-state index in [1.54, 1.807) is 24.6 Å². The molecule has 2 heterocycles. The second-order valence-corrected chi connectivity index (χ2v) is 5.22. The summed E-state index contributed by atoms with van der Waals surface area (Å²) in [6.45, 7) is 0. The lowest BCUT2D eigenvalue weighted by Crippen LogP contribution is -2.29. The number of hydroxylamine groups is 1. The number of hydrogen-bond acceptors (Lipinski definition) is 6. The zero-order valence-electron chi connectivity index (χ0n) is 11.4. The van der Waals surface area contributed by atoms with Crippen molar-refractivity contribution in [1.29, 1.82) is 0 Å². The van der Waals surface area contributed by atoms with Gasteiger partial charge in [-0.15, -0.1) is 11.3 Å². The maximum atomic E-state index is 12.4. The van der Waals surface area contributed by atoms with Gasteiger partial charge in [0.25, 0.3) is 11.5 Å². The van der Waals surface area contributed by atoms with E-state index in [9.17, 15) is 9.59 Å². The van der Waals surface area contributed by atoms with Crippen molar-refractivity contribution in [2.24, 2.45) is 0 Å². The van der Waals surface area contributed by atoms with Gasteiger partial charge >= 0.3 is 0 Å². The number of amides is 1. The fraction of sp³-hybridized carbons (Fsp3) is 0.0714. The lowest BCUT2D eigenvalue weighted by Gasteiger charge is -2.04. The molecule has 0 spiro atoms. The van der Waals surface area contributed by atoms with Crippen molar-refractivity contribution >= 4 is 22.2 Å². The highest BCUT2D eigenvalue weighted by molar-refractivity contribution is 7.15. The molecule has 0 atom stereocenters. The molecule has 0 radical (unpaired) electrons. The molecule has 22 heavy (non-hydrogen) atoms. The molecular weight excluding hydrogens is 306 g/mol. The minimum absolute atomic E-state index is 0.229. The average Bonchev–Trinajstić information content (AvgIpc) is 2.99. The van der Waals surface area contributed by atoms with Crippen molar-refractivity contribution in [3.63, 3.8) is 0 Å². The molecule has 112 valence electrons. The molecule has 0 unspecified atom stereocenters. The second kappa shape index (κ2) is 5.58. The summed E-state index contributed by atoms with van der Waals surface area (Å²) in [7, 11) is 1.57. The second-order valence-electron chi connectivity index (χ2n) is 4.39. The maximum Gasteiger partial charge on any atom is 0.281 e. The number of carbonyl (C=O) groups excluding carboxylic acids is 1. The smallest absolute Gasteiger partial charge is 0.281 e. The van der Waals surface area contributed by atoms with Gasteiger partial charge in [0.2, 0.25) is 0 Å². The number of ether oxygens (including phenoxy) is 1. The average molecular weight is 317 g/mol. The van der Waals surface area contributed by atoms with Crippen molar-refractivity contribution in [2.75, 3.05) is 7.11 Å². The minimum atomic E-state index is -0.890. The van der Waals surface area contributed by atoms with Crippen LogP contribution in [0.2, 0.25) is 0 Å². The number of thiazole rings is 1. The van der Waals surface area contributed by atoms with Crippen LogP contribution in [0.15, 0.2) is 40.6 Å². The van der Waals surface area contributed by atoms with Crippen molar-refractivity contribution in [1.82, 2.24) is 14.9 Å². The molecule has 0 aliphatic rings. The first kappa shape index (κ1) is 14.2. The van der Waals surface area contributed by atoms with E-state index in [1.165, 1.54) is 21.2 Å². The first-order valence-electron chi connectivity index (χ1n) is 6.24. The van der Waals surface area contributed by atoms with Gasteiger partial charge in [-0.25, -0.2) is 10.5 Å². The predicted octanol–water partition coefficient (Wildman–Crippen LogP) is 1.55. The number of carbonyl (C=O) groups is 1. The summed E-state index contributed by atoms with van der Waals surface area (Å²) >= 11 is 1.29. The van der Waals surface area contributed by atoms with E-state index in [4.69, 9.17) is 9.94 Å². The van der Waals surface area contributed by atoms with E-state index in [2.05, 4.69) is 4.98 Å². The zero-order valence-corrected chi connectivity index (χ0v) is 12.3. The van der Waals surface area contributed by atoms with Gasteiger partial charge < -0.3 is 4.74 Å². The van der Waals surface area contributed by atoms with Gasteiger partial charge in [-0.3, -0.25) is 19.2 Å². The van der Waals surface area contributed by atoms with Crippen LogP contribution >= 0.6 is 11.3 Å². The van der Waals surface area contributed by atoms with E-state index in [-0.39, 0.29) is 5.56 Å². The summed E-state index contributed by atoms with van der Waals surface area (Å²) in [5.74, 6) is -0.187. The molecule has 0 fully saturated rings. The van der Waals surface area contributed by atoms with Crippen LogP contribution in [0.1, 0.15) is 10.4 Å². The molecule has 2 aromatic heterocycles. The third-order valence-electron chi connectivity index (χ3n) is 3.18. The van der Waals surface area contributed by atoms with E-state index in [1.807, 2.05) is 12.1 Å². The zero-order chi connectivity index (χ0) is 15.7. The normalized spacial score (nSPS) is 10.6. The first-order valence-corrected chi connectivity index (χ1v) is 7.12. The molecule has 3 rings (SSSR count). The number of methoxy groups -OCH3 is 1. The number of nitrogens with zero attached hydrogens (tertiary/aromatic N) is 2. The number of aromatic nitrogens is 2. The van der Waals surface area contributed by atoms with Gasteiger partial charge in [0.05, 0.1) is 12.8 Å². The Hall–Kier alpha value is -2.71. The van der Waals surface area contributed by atoms with Crippen molar-refractivity contribution in [3.8, 4) is 17.0 Å². The van der Waals surface area contributed by atoms with Crippen LogP contribution < -0.4 is 15.8 Å². The highest BCUT2D eigenvalue weighted by atomic mass is 32.1. The van der Waals surface area contributed by atoms with Crippen LogP contribution in [0.25, 0.3) is 16.2 Å². The van der Waals surface area contributed by atoms with Gasteiger partial charge in [0, 0.05) is 11.6 Å². The van der Waals surface area contributed by atoms with E-state index < -0.39 is 11.5 Å². The lowest BCUT2D eigenvalue weighted by atomic mass is 10.1. The Kier molecular flexibility index (Phi) is 3.61. The third kappa shape index (κ3) is 2.24. The van der Waals surface area contributed by atoms with Crippen molar-refractivity contribution in [2.45, 2.75) is 0 Å². The van der Waals surface area contributed by atoms with Crippen LogP contribution in [0.3, 0.4) is 0 Å². The molecule has 8 heteroatoms. The SMILES string of the molecule is COc1ccc(-c2csc3ncc(C(=O)NO)c(=O)n23)cc1. The summed E-state index contributed by atoms with van der Waals surface area (Å²) in [6, 6.07) is 7.18. The molecule has 7 nitrogen and oxygen atoms in total. The highest BCUT2D eigenvalue weighted by Gasteiger charge is 2.16. The van der Waals surface area contributed by atoms with Crippen LogP contribution in [-0.4, -0.2) is 27.6 Å². The molecule has 0 saturated carbocycles. The molecule has 0 aliphatic carbocycles. The summed E-state index contributed by atoms with van der Waals surface area (Å²) in [5.41, 5.74) is 2.09.